The van der Waals surface area contributed by atoms with Crippen LogP contribution in [0.25, 0.3) is 11.3 Å². The molecular weight excluding hydrogens is 166 g/mol. The van der Waals surface area contributed by atoms with E-state index in [1.807, 2.05) is 12.1 Å². The van der Waals surface area contributed by atoms with Crippen molar-refractivity contribution in [2.24, 2.45) is 0 Å². The number of H-pyrrole nitrogens is 1. The lowest BCUT2D eigenvalue weighted by atomic mass is 10.1. The van der Waals surface area contributed by atoms with Crippen molar-refractivity contribution in [3.63, 3.8) is 0 Å². The summed E-state index contributed by atoms with van der Waals surface area (Å²) in [5.74, 6) is 0. The molecule has 1 heterocycles. The number of anilines is 2. The van der Waals surface area contributed by atoms with Crippen LogP contribution in [-0.2, 0) is 0 Å². The molecule has 1 aromatic heterocycles. The number of nitrogens with one attached hydrogen (secondary N) is 1. The van der Waals surface area contributed by atoms with Crippen molar-refractivity contribution >= 4 is 11.4 Å². The van der Waals surface area contributed by atoms with E-state index in [0.717, 1.165) is 5.56 Å². The molecule has 0 unspecified atom stereocenters. The van der Waals surface area contributed by atoms with E-state index < -0.39 is 0 Å². The summed E-state index contributed by atoms with van der Waals surface area (Å²) in [4.78, 5) is 0. The number of hydrogen-bond acceptors (Lipinski definition) is 4. The van der Waals surface area contributed by atoms with Gasteiger partial charge in [0.25, 0.3) is 0 Å². The van der Waals surface area contributed by atoms with Gasteiger partial charge in [-0.3, -0.25) is 0 Å². The Kier molecular flexibility index (Phi) is 1.63. The number of para-hydroxylation sites is 1. The van der Waals surface area contributed by atoms with E-state index in [1.54, 1.807) is 12.3 Å². The number of hydrogen-bond donors (Lipinski definition) is 3. The average molecular weight is 175 g/mol. The minimum absolute atomic E-state index is 0.538. The second kappa shape index (κ2) is 2.78. The number of nitrogen functional groups attached to an aromatic ring is 2. The maximum absolute atomic E-state index is 5.77. The van der Waals surface area contributed by atoms with Gasteiger partial charge in [0.15, 0.2) is 0 Å². The molecule has 66 valence electrons. The Morgan fingerprint density at radius 2 is 2.08 bits per heavy atom. The van der Waals surface area contributed by atoms with Crippen LogP contribution >= 0.6 is 0 Å². The zero-order valence-electron chi connectivity index (χ0n) is 6.86. The molecule has 0 radical (unpaired) electrons. The van der Waals surface area contributed by atoms with E-state index in [-0.39, 0.29) is 0 Å². The van der Waals surface area contributed by atoms with E-state index >= 15 is 0 Å². The third kappa shape index (κ3) is 1.20. The summed E-state index contributed by atoms with van der Waals surface area (Å²) in [5, 5.41) is 10.1. The molecule has 1 aromatic carbocycles. The molecule has 0 amide bonds. The first kappa shape index (κ1) is 7.60. The van der Waals surface area contributed by atoms with Crippen LogP contribution in [0.15, 0.2) is 24.4 Å². The first-order chi connectivity index (χ1) is 6.29. The third-order valence-electron chi connectivity index (χ3n) is 1.83. The van der Waals surface area contributed by atoms with Gasteiger partial charge >= 0.3 is 0 Å². The molecule has 0 aliphatic rings. The monoisotopic (exact) mass is 175 g/mol. The molecule has 0 bridgehead atoms. The maximum Gasteiger partial charge on any atom is 0.114 e. The molecule has 0 aliphatic heterocycles. The number of nitrogens with two attached hydrogens (primary N) is 2. The van der Waals surface area contributed by atoms with Gasteiger partial charge in [-0.15, -0.1) is 0 Å². The fraction of sp³-hybridized carbons (Fsp3) is 0. The Hall–Kier alpha value is -2.04. The van der Waals surface area contributed by atoms with E-state index in [0.29, 0.717) is 17.1 Å². The standard InChI is InChI=1S/C8H9N5/c9-6-3-1-2-5(8(6)10)7-4-11-13-12-7/h1-4H,9-10H2,(H,11,12,13). The molecule has 2 aromatic rings. The molecule has 5 nitrogen and oxygen atoms in total. The lowest BCUT2D eigenvalue weighted by Crippen LogP contribution is -1.96. The molecule has 5 N–H and O–H groups in total. The van der Waals surface area contributed by atoms with Gasteiger partial charge in [0.05, 0.1) is 17.6 Å². The summed E-state index contributed by atoms with van der Waals surface area (Å²) in [6, 6.07) is 5.43. The van der Waals surface area contributed by atoms with E-state index in [9.17, 15) is 0 Å². The molecule has 0 atom stereocenters. The average Bonchev–Trinajstić information content (AvgIpc) is 2.62. The highest BCUT2D eigenvalue weighted by molar-refractivity contribution is 5.82. The molecule has 0 saturated heterocycles. The van der Waals surface area contributed by atoms with E-state index in [1.165, 1.54) is 0 Å². The minimum Gasteiger partial charge on any atom is -0.397 e. The summed E-state index contributed by atoms with van der Waals surface area (Å²) in [5.41, 5.74) is 14.0. The molecule has 0 spiro atoms. The Labute approximate surface area is 74.8 Å². The fourth-order valence-electron chi connectivity index (χ4n) is 1.14. The third-order valence-corrected chi connectivity index (χ3v) is 1.83. The zero-order valence-corrected chi connectivity index (χ0v) is 6.86. The second-order valence-corrected chi connectivity index (χ2v) is 2.66. The Morgan fingerprint density at radius 3 is 2.77 bits per heavy atom. The van der Waals surface area contributed by atoms with Crippen LogP contribution in [0.4, 0.5) is 11.4 Å². The molecule has 5 heteroatoms. The van der Waals surface area contributed by atoms with Gasteiger partial charge in [0.1, 0.15) is 5.69 Å². The predicted molar refractivity (Wildman–Crippen MR) is 50.6 cm³/mol. The predicted octanol–water partition coefficient (Wildman–Crippen LogP) is 0.636. The van der Waals surface area contributed by atoms with Gasteiger partial charge in [-0.2, -0.15) is 15.4 Å². The normalized spacial score (nSPS) is 10.2. The van der Waals surface area contributed by atoms with Crippen molar-refractivity contribution in [3.05, 3.63) is 24.4 Å². The first-order valence-electron chi connectivity index (χ1n) is 3.79. The lowest BCUT2D eigenvalue weighted by Gasteiger charge is -2.03. The molecule has 0 fully saturated rings. The highest BCUT2D eigenvalue weighted by atomic mass is 15.3. The minimum atomic E-state index is 0.538. The zero-order chi connectivity index (χ0) is 9.26. The lowest BCUT2D eigenvalue weighted by molar-refractivity contribution is 0.942. The van der Waals surface area contributed by atoms with Crippen LogP contribution in [-0.4, -0.2) is 15.4 Å². The van der Waals surface area contributed by atoms with Gasteiger partial charge in [0.2, 0.25) is 0 Å². The van der Waals surface area contributed by atoms with Crippen molar-refractivity contribution in [1.82, 2.24) is 15.4 Å². The number of benzene rings is 1. The smallest absolute Gasteiger partial charge is 0.114 e. The van der Waals surface area contributed by atoms with Crippen LogP contribution in [0.5, 0.6) is 0 Å². The summed E-state index contributed by atoms with van der Waals surface area (Å²) in [6.07, 6.45) is 1.60. The van der Waals surface area contributed by atoms with Crippen LogP contribution in [0.2, 0.25) is 0 Å². The van der Waals surface area contributed by atoms with Gasteiger partial charge in [-0.25, -0.2) is 0 Å². The van der Waals surface area contributed by atoms with Gasteiger partial charge in [0, 0.05) is 5.56 Å². The SMILES string of the molecule is Nc1cccc(-c2cn[nH]n2)c1N. The summed E-state index contributed by atoms with van der Waals surface area (Å²) >= 11 is 0. The number of aromatic amines is 1. The van der Waals surface area contributed by atoms with E-state index in [2.05, 4.69) is 15.4 Å². The number of aromatic nitrogens is 3. The number of nitrogens with zero attached hydrogens (tertiary/aromatic N) is 2. The summed E-state index contributed by atoms with van der Waals surface area (Å²) in [7, 11) is 0. The van der Waals surface area contributed by atoms with Crippen LogP contribution in [0, 0.1) is 0 Å². The van der Waals surface area contributed by atoms with Crippen LogP contribution in [0.3, 0.4) is 0 Å². The Balaban J connectivity index is 2.59. The first-order valence-corrected chi connectivity index (χ1v) is 3.79. The van der Waals surface area contributed by atoms with Gasteiger partial charge < -0.3 is 11.5 Å². The highest BCUT2D eigenvalue weighted by Gasteiger charge is 2.06. The Bertz CT molecular complexity index is 406. The van der Waals surface area contributed by atoms with Crippen molar-refractivity contribution in [3.8, 4) is 11.3 Å². The Morgan fingerprint density at radius 1 is 1.23 bits per heavy atom. The highest BCUT2D eigenvalue weighted by Crippen LogP contribution is 2.27. The summed E-state index contributed by atoms with van der Waals surface area (Å²) < 4.78 is 0. The topological polar surface area (TPSA) is 93.6 Å². The second-order valence-electron chi connectivity index (χ2n) is 2.66. The van der Waals surface area contributed by atoms with E-state index in [4.69, 9.17) is 11.5 Å². The molecule has 0 saturated carbocycles. The molecular formula is C8H9N5. The largest absolute Gasteiger partial charge is 0.397 e. The quantitative estimate of drug-likeness (QED) is 0.554. The molecule has 0 aliphatic carbocycles. The number of rotatable bonds is 1. The molecule has 13 heavy (non-hydrogen) atoms. The van der Waals surface area contributed by atoms with Crippen molar-refractivity contribution in [1.29, 1.82) is 0 Å². The fourth-order valence-corrected chi connectivity index (χ4v) is 1.14. The summed E-state index contributed by atoms with van der Waals surface area (Å²) in [6.45, 7) is 0. The maximum atomic E-state index is 5.77. The van der Waals surface area contributed by atoms with Gasteiger partial charge in [-0.05, 0) is 6.07 Å². The van der Waals surface area contributed by atoms with Gasteiger partial charge in [-0.1, -0.05) is 12.1 Å². The molecule has 2 rings (SSSR count). The van der Waals surface area contributed by atoms with Crippen LogP contribution in [0.1, 0.15) is 0 Å². The van der Waals surface area contributed by atoms with Crippen molar-refractivity contribution in [2.75, 3.05) is 11.5 Å². The van der Waals surface area contributed by atoms with Crippen molar-refractivity contribution < 1.29 is 0 Å². The van der Waals surface area contributed by atoms with Crippen LogP contribution < -0.4 is 11.5 Å². The van der Waals surface area contributed by atoms with Crippen molar-refractivity contribution in [2.45, 2.75) is 0 Å².